The first kappa shape index (κ1) is 25.6. The lowest BCUT2D eigenvalue weighted by Crippen LogP contribution is -2.38. The van der Waals surface area contributed by atoms with Gasteiger partial charge in [0.15, 0.2) is 5.96 Å². The first-order valence-corrected chi connectivity index (χ1v) is 10.8. The van der Waals surface area contributed by atoms with E-state index in [9.17, 15) is 0 Å². The van der Waals surface area contributed by atoms with Gasteiger partial charge in [0.25, 0.3) is 0 Å². The van der Waals surface area contributed by atoms with Gasteiger partial charge in [-0.25, -0.2) is 4.99 Å². The Labute approximate surface area is 207 Å². The minimum atomic E-state index is 0. The number of guanidine groups is 1. The second-order valence-corrected chi connectivity index (χ2v) is 7.38. The van der Waals surface area contributed by atoms with Gasteiger partial charge in [0.2, 0.25) is 0 Å². The highest BCUT2D eigenvalue weighted by atomic mass is 127. The van der Waals surface area contributed by atoms with Gasteiger partial charge in [0, 0.05) is 31.5 Å². The van der Waals surface area contributed by atoms with E-state index in [0.29, 0.717) is 13.2 Å². The highest BCUT2D eigenvalue weighted by Crippen LogP contribution is 2.15. The highest BCUT2D eigenvalue weighted by Gasteiger charge is 2.03. The van der Waals surface area contributed by atoms with Crippen molar-refractivity contribution in [2.24, 2.45) is 4.99 Å². The van der Waals surface area contributed by atoms with E-state index in [-0.39, 0.29) is 24.0 Å². The predicted octanol–water partition coefficient (Wildman–Crippen LogP) is 4.24. The molecule has 3 aromatic rings. The van der Waals surface area contributed by atoms with Crippen LogP contribution in [0.2, 0.25) is 0 Å². The van der Waals surface area contributed by atoms with E-state index in [2.05, 4.69) is 51.4 Å². The van der Waals surface area contributed by atoms with Gasteiger partial charge < -0.3 is 15.4 Å². The number of aromatic nitrogens is 3. The smallest absolute Gasteiger partial charge is 0.191 e. The van der Waals surface area contributed by atoms with Gasteiger partial charge >= 0.3 is 0 Å². The molecule has 2 aromatic heterocycles. The van der Waals surface area contributed by atoms with Crippen LogP contribution in [0.25, 0.3) is 0 Å². The summed E-state index contributed by atoms with van der Waals surface area (Å²) in [4.78, 5) is 9.00. The van der Waals surface area contributed by atoms with Crippen LogP contribution in [0.4, 0.5) is 0 Å². The van der Waals surface area contributed by atoms with Crippen LogP contribution >= 0.6 is 24.0 Å². The van der Waals surface area contributed by atoms with Crippen molar-refractivity contribution in [2.45, 2.75) is 46.9 Å². The number of nitrogens with zero attached hydrogens (tertiary/aromatic N) is 4. The summed E-state index contributed by atoms with van der Waals surface area (Å²) in [6.45, 7) is 9.75. The average Bonchev–Trinajstić information content (AvgIpc) is 3.11. The molecule has 0 saturated heterocycles. The number of halogens is 1. The minimum Gasteiger partial charge on any atom is -0.487 e. The zero-order valence-electron chi connectivity index (χ0n) is 19.0. The van der Waals surface area contributed by atoms with Crippen molar-refractivity contribution >= 4 is 29.9 Å². The molecule has 2 N–H and O–H groups in total. The van der Waals surface area contributed by atoms with Crippen LogP contribution in [-0.4, -0.2) is 33.8 Å². The number of pyridine rings is 1. The maximum absolute atomic E-state index is 5.87. The maximum Gasteiger partial charge on any atom is 0.191 e. The van der Waals surface area contributed by atoms with Gasteiger partial charge in [-0.3, -0.25) is 9.67 Å². The van der Waals surface area contributed by atoms with Crippen molar-refractivity contribution < 1.29 is 4.74 Å². The quantitative estimate of drug-likeness (QED) is 0.172. The number of nitrogens with one attached hydrogen (secondary N) is 2. The summed E-state index contributed by atoms with van der Waals surface area (Å²) in [5, 5.41) is 11.2. The largest absolute Gasteiger partial charge is 0.487 e. The van der Waals surface area contributed by atoms with Gasteiger partial charge in [-0.1, -0.05) is 18.2 Å². The van der Waals surface area contributed by atoms with Crippen molar-refractivity contribution in [1.82, 2.24) is 25.4 Å². The van der Waals surface area contributed by atoms with E-state index in [1.165, 1.54) is 5.69 Å². The number of hydrogen-bond acceptors (Lipinski definition) is 4. The Morgan fingerprint density at radius 3 is 2.69 bits per heavy atom. The van der Waals surface area contributed by atoms with E-state index in [0.717, 1.165) is 54.7 Å². The second-order valence-electron chi connectivity index (χ2n) is 7.38. The summed E-state index contributed by atoms with van der Waals surface area (Å²) in [5.41, 5.74) is 4.26. The molecule has 0 saturated carbocycles. The summed E-state index contributed by atoms with van der Waals surface area (Å²) < 4.78 is 7.92. The van der Waals surface area contributed by atoms with Gasteiger partial charge in [-0.05, 0) is 63.1 Å². The minimum absolute atomic E-state index is 0. The number of rotatable bonds is 10. The molecule has 0 amide bonds. The lowest BCUT2D eigenvalue weighted by atomic mass is 10.2. The van der Waals surface area contributed by atoms with E-state index in [1.807, 2.05) is 43.3 Å². The lowest BCUT2D eigenvalue weighted by molar-refractivity contribution is 0.301. The molecule has 3 rings (SSSR count). The highest BCUT2D eigenvalue weighted by molar-refractivity contribution is 14.0. The Morgan fingerprint density at radius 1 is 1.09 bits per heavy atom. The molecule has 0 fully saturated rings. The Balaban J connectivity index is 0.00000363. The molecule has 7 nitrogen and oxygen atoms in total. The molecule has 172 valence electrons. The summed E-state index contributed by atoms with van der Waals surface area (Å²) >= 11 is 0. The molecule has 2 heterocycles. The van der Waals surface area contributed by atoms with Crippen molar-refractivity contribution in [3.63, 3.8) is 0 Å². The number of aryl methyl sites for hydroxylation is 3. The topological polar surface area (TPSA) is 76.4 Å². The molecular weight excluding hydrogens is 515 g/mol. The second kappa shape index (κ2) is 13.7. The van der Waals surface area contributed by atoms with Gasteiger partial charge in [-0.15, -0.1) is 24.0 Å². The van der Waals surface area contributed by atoms with E-state index >= 15 is 0 Å². The first-order chi connectivity index (χ1) is 15.1. The molecule has 0 unspecified atom stereocenters. The summed E-state index contributed by atoms with van der Waals surface area (Å²) in [6.07, 6.45) is 2.75. The van der Waals surface area contributed by atoms with Crippen LogP contribution in [0.15, 0.2) is 59.7 Å². The molecule has 1 aromatic carbocycles. The van der Waals surface area contributed by atoms with E-state index in [1.54, 1.807) is 6.20 Å². The average molecular weight is 548 g/mol. The molecule has 0 spiro atoms. The molecule has 8 heteroatoms. The molecule has 0 aliphatic rings. The number of aliphatic imine (C=N–C) groups is 1. The summed E-state index contributed by atoms with van der Waals surface area (Å²) in [6, 6.07) is 16.0. The Morgan fingerprint density at radius 2 is 1.97 bits per heavy atom. The summed E-state index contributed by atoms with van der Waals surface area (Å²) in [7, 11) is 0. The third kappa shape index (κ3) is 8.49. The lowest BCUT2D eigenvalue weighted by Gasteiger charge is -2.12. The monoisotopic (exact) mass is 548 g/mol. The van der Waals surface area contributed by atoms with Crippen molar-refractivity contribution in [3.05, 3.63) is 77.4 Å². The van der Waals surface area contributed by atoms with E-state index < -0.39 is 0 Å². The Bertz CT molecular complexity index is 974. The van der Waals surface area contributed by atoms with Gasteiger partial charge in [0.1, 0.15) is 12.4 Å². The molecule has 0 aliphatic heterocycles. The Kier molecular flexibility index (Phi) is 11.0. The molecule has 0 radical (unpaired) electrons. The summed E-state index contributed by atoms with van der Waals surface area (Å²) in [5.74, 6) is 1.64. The fourth-order valence-electron chi connectivity index (χ4n) is 3.22. The third-order valence-corrected chi connectivity index (χ3v) is 4.72. The predicted molar refractivity (Wildman–Crippen MR) is 140 cm³/mol. The normalized spacial score (nSPS) is 11.0. The van der Waals surface area contributed by atoms with Crippen LogP contribution in [-0.2, 0) is 19.7 Å². The van der Waals surface area contributed by atoms with Crippen LogP contribution in [0.1, 0.15) is 36.0 Å². The fourth-order valence-corrected chi connectivity index (χ4v) is 3.22. The first-order valence-electron chi connectivity index (χ1n) is 10.8. The maximum atomic E-state index is 5.87. The third-order valence-electron chi connectivity index (χ3n) is 4.72. The van der Waals surface area contributed by atoms with Crippen LogP contribution in [0, 0.1) is 13.8 Å². The van der Waals surface area contributed by atoms with Crippen molar-refractivity contribution in [3.8, 4) is 5.75 Å². The zero-order chi connectivity index (χ0) is 21.9. The number of hydrogen-bond donors (Lipinski definition) is 2. The van der Waals surface area contributed by atoms with Gasteiger partial charge in [-0.2, -0.15) is 5.10 Å². The molecule has 0 atom stereocenters. The Hall–Kier alpha value is -2.62. The zero-order valence-corrected chi connectivity index (χ0v) is 21.4. The SMILES string of the molecule is CCNC(=NCc1cccc(OCc2ccccn2)c1)NCCCn1nc(C)cc1C.I. The standard InChI is InChI=1S/C24H32N6O.HI/c1-4-25-24(27-13-8-14-30-20(3)15-19(2)29-30)28-17-21-9-7-11-23(16-21)31-18-22-10-5-6-12-26-22;/h5-7,9-12,15-16H,4,8,13-14,17-18H2,1-3H3,(H2,25,27,28);1H. The van der Waals surface area contributed by atoms with Crippen LogP contribution in [0.5, 0.6) is 5.75 Å². The number of benzene rings is 1. The molecule has 0 aliphatic carbocycles. The number of ether oxygens (including phenoxy) is 1. The molecule has 32 heavy (non-hydrogen) atoms. The fraction of sp³-hybridized carbons (Fsp3) is 0.375. The van der Waals surface area contributed by atoms with Crippen LogP contribution in [0.3, 0.4) is 0 Å². The van der Waals surface area contributed by atoms with Gasteiger partial charge in [0.05, 0.1) is 17.9 Å². The van der Waals surface area contributed by atoms with Crippen molar-refractivity contribution in [1.29, 1.82) is 0 Å². The van der Waals surface area contributed by atoms with E-state index in [4.69, 9.17) is 9.73 Å². The van der Waals surface area contributed by atoms with Crippen molar-refractivity contribution in [2.75, 3.05) is 13.1 Å². The molecular formula is C24H33IN6O. The van der Waals surface area contributed by atoms with Crippen LogP contribution < -0.4 is 15.4 Å². The molecule has 0 bridgehead atoms.